The van der Waals surface area contributed by atoms with Gasteiger partial charge in [-0.1, -0.05) is 26.0 Å². The average Bonchev–Trinajstić information content (AvgIpc) is 2.70. The molecule has 31 heavy (non-hydrogen) atoms. The smallest absolute Gasteiger partial charge is 0.374 e. The molecule has 0 bridgehead atoms. The van der Waals surface area contributed by atoms with E-state index >= 15 is 0 Å². The number of Topliss-reactive ketones (excluding diaryl/α,β-unsaturated/α-hetero) is 1. The molecule has 0 radical (unpaired) electrons. The number of halogens is 2. The molecule has 11 heteroatoms. The van der Waals surface area contributed by atoms with Crippen LogP contribution in [0.25, 0.3) is 0 Å². The van der Waals surface area contributed by atoms with Crippen molar-refractivity contribution in [2.75, 3.05) is 7.11 Å². The number of nitrogens with one attached hydrogen (secondary N) is 2. The third-order valence-electron chi connectivity index (χ3n) is 4.28. The zero-order valence-electron chi connectivity index (χ0n) is 17.3. The number of aliphatic carboxylic acids is 1. The molecule has 3 atom stereocenters. The highest BCUT2D eigenvalue weighted by Gasteiger charge is 2.33. The molecule has 0 aromatic heterocycles. The van der Waals surface area contributed by atoms with Crippen LogP contribution in [-0.4, -0.2) is 59.4 Å². The van der Waals surface area contributed by atoms with E-state index in [4.69, 9.17) is 9.84 Å². The number of aliphatic hydroxyl groups excluding tert-OH is 1. The molecule has 1 aromatic carbocycles. The predicted molar refractivity (Wildman–Crippen MR) is 105 cm³/mol. The number of aliphatic hydroxyl groups is 1. The van der Waals surface area contributed by atoms with Crippen molar-refractivity contribution < 1.29 is 42.9 Å². The summed E-state index contributed by atoms with van der Waals surface area (Å²) in [6.45, 7) is 3.46. The van der Waals surface area contributed by atoms with Crippen LogP contribution in [0.3, 0.4) is 0 Å². The van der Waals surface area contributed by atoms with Gasteiger partial charge in [-0.15, -0.1) is 0 Å². The van der Waals surface area contributed by atoms with Gasteiger partial charge in [0.2, 0.25) is 12.3 Å². The summed E-state index contributed by atoms with van der Waals surface area (Å²) >= 11 is 0. The molecule has 0 heterocycles. The number of hydrogen-bond acceptors (Lipinski definition) is 6. The lowest BCUT2D eigenvalue weighted by atomic mass is 10.0. The van der Waals surface area contributed by atoms with Gasteiger partial charge in [0.05, 0.1) is 7.11 Å². The second kappa shape index (κ2) is 11.9. The number of hydrogen-bond donors (Lipinski definition) is 4. The number of rotatable bonds is 12. The van der Waals surface area contributed by atoms with Crippen LogP contribution in [0, 0.1) is 5.92 Å². The van der Waals surface area contributed by atoms with Gasteiger partial charge >= 0.3 is 5.97 Å². The standard InChI is InChI=1S/C20H26F2N2O7/c1-10(2)8-14(18(27)23-13(9-15(21)22)17(26)20(29)30)24-19(28)16(25)11-4-6-12(31-3)7-5-11/h4-7,10,13-16,25H,8-9H2,1-3H3,(H,23,27)(H,24,28)(H,29,30)/t13-,14-,16+/m0/s1. The maximum absolute atomic E-state index is 12.7. The summed E-state index contributed by atoms with van der Waals surface area (Å²) in [6, 6.07) is 2.70. The highest BCUT2D eigenvalue weighted by Crippen LogP contribution is 2.18. The lowest BCUT2D eigenvalue weighted by molar-refractivity contribution is -0.151. The summed E-state index contributed by atoms with van der Waals surface area (Å²) in [5.74, 6) is -5.14. The number of carboxylic acids is 1. The first-order valence-electron chi connectivity index (χ1n) is 9.44. The molecular formula is C20H26F2N2O7. The van der Waals surface area contributed by atoms with Crippen molar-refractivity contribution >= 4 is 23.6 Å². The molecule has 0 saturated heterocycles. The van der Waals surface area contributed by atoms with Crippen molar-refractivity contribution in [3.8, 4) is 5.75 Å². The Bertz CT molecular complexity index is 784. The van der Waals surface area contributed by atoms with E-state index in [1.807, 2.05) is 5.32 Å². The summed E-state index contributed by atoms with van der Waals surface area (Å²) in [4.78, 5) is 47.5. The molecule has 1 rings (SSSR count). The topological polar surface area (TPSA) is 142 Å². The molecule has 0 aliphatic carbocycles. The molecule has 9 nitrogen and oxygen atoms in total. The van der Waals surface area contributed by atoms with Crippen molar-refractivity contribution in [1.82, 2.24) is 10.6 Å². The number of ketones is 1. The Morgan fingerprint density at radius 3 is 1.97 bits per heavy atom. The summed E-state index contributed by atoms with van der Waals surface area (Å²) in [6.07, 6.45) is -5.81. The van der Waals surface area contributed by atoms with Crippen LogP contribution in [0.5, 0.6) is 5.75 Å². The monoisotopic (exact) mass is 444 g/mol. The van der Waals surface area contributed by atoms with Crippen molar-refractivity contribution in [2.45, 2.75) is 51.3 Å². The van der Waals surface area contributed by atoms with Gasteiger partial charge in [-0.2, -0.15) is 0 Å². The van der Waals surface area contributed by atoms with E-state index in [9.17, 15) is 33.1 Å². The molecule has 0 unspecified atom stereocenters. The van der Waals surface area contributed by atoms with E-state index in [-0.39, 0.29) is 17.9 Å². The molecule has 172 valence electrons. The third-order valence-corrected chi connectivity index (χ3v) is 4.28. The van der Waals surface area contributed by atoms with E-state index in [0.29, 0.717) is 5.75 Å². The fourth-order valence-corrected chi connectivity index (χ4v) is 2.72. The number of carbonyl (C=O) groups is 4. The Morgan fingerprint density at radius 1 is 0.968 bits per heavy atom. The Morgan fingerprint density at radius 2 is 1.52 bits per heavy atom. The maximum Gasteiger partial charge on any atom is 0.374 e. The minimum Gasteiger partial charge on any atom is -0.497 e. The van der Waals surface area contributed by atoms with Crippen LogP contribution in [0.15, 0.2) is 24.3 Å². The lowest BCUT2D eigenvalue weighted by Gasteiger charge is -2.24. The largest absolute Gasteiger partial charge is 0.497 e. The van der Waals surface area contributed by atoms with Crippen molar-refractivity contribution in [2.24, 2.45) is 5.92 Å². The van der Waals surface area contributed by atoms with Gasteiger partial charge in [-0.25, -0.2) is 13.6 Å². The zero-order valence-corrected chi connectivity index (χ0v) is 17.3. The summed E-state index contributed by atoms with van der Waals surface area (Å²) in [5, 5.41) is 23.3. The van der Waals surface area contributed by atoms with E-state index in [1.165, 1.54) is 31.4 Å². The van der Waals surface area contributed by atoms with E-state index in [0.717, 1.165) is 0 Å². The first-order valence-corrected chi connectivity index (χ1v) is 9.44. The molecule has 1 aromatic rings. The Balaban J connectivity index is 2.96. The fourth-order valence-electron chi connectivity index (χ4n) is 2.72. The zero-order chi connectivity index (χ0) is 23.7. The van der Waals surface area contributed by atoms with Crippen molar-refractivity contribution in [1.29, 1.82) is 0 Å². The second-order valence-corrected chi connectivity index (χ2v) is 7.22. The number of methoxy groups -OCH3 is 1. The van der Waals surface area contributed by atoms with Crippen molar-refractivity contribution in [3.63, 3.8) is 0 Å². The van der Waals surface area contributed by atoms with Crippen LogP contribution in [0.1, 0.15) is 38.4 Å². The molecule has 0 aliphatic heterocycles. The van der Waals surface area contributed by atoms with Gasteiger partial charge in [0.1, 0.15) is 17.8 Å². The summed E-state index contributed by atoms with van der Waals surface area (Å²) in [5.41, 5.74) is 0.221. The van der Waals surface area contributed by atoms with Crippen LogP contribution >= 0.6 is 0 Å². The summed E-state index contributed by atoms with van der Waals surface area (Å²) < 4.78 is 30.4. The van der Waals surface area contributed by atoms with Gasteiger partial charge in [-0.3, -0.25) is 14.4 Å². The number of benzene rings is 1. The van der Waals surface area contributed by atoms with Crippen LogP contribution < -0.4 is 15.4 Å². The van der Waals surface area contributed by atoms with Gasteiger partial charge in [0.15, 0.2) is 6.10 Å². The number of carboxylic acid groups (broad SMARTS) is 1. The second-order valence-electron chi connectivity index (χ2n) is 7.22. The van der Waals surface area contributed by atoms with Crippen LogP contribution in [0.4, 0.5) is 8.78 Å². The molecule has 0 aliphatic rings. The molecule has 0 saturated carbocycles. The SMILES string of the molecule is COc1ccc([C@@H](O)C(=O)N[C@@H](CC(C)C)C(=O)N[C@@H](CC(F)F)C(=O)C(=O)O)cc1. The van der Waals surface area contributed by atoms with Gasteiger partial charge in [0, 0.05) is 6.42 Å². The average molecular weight is 444 g/mol. The number of alkyl halides is 2. The highest BCUT2D eigenvalue weighted by molar-refractivity contribution is 6.35. The van der Waals surface area contributed by atoms with E-state index in [2.05, 4.69) is 5.32 Å². The van der Waals surface area contributed by atoms with Gasteiger partial charge in [0.25, 0.3) is 11.7 Å². The van der Waals surface area contributed by atoms with Gasteiger partial charge < -0.3 is 25.6 Å². The first kappa shape index (κ1) is 26.0. The molecule has 4 N–H and O–H groups in total. The molecule has 2 amide bonds. The Hall–Kier alpha value is -3.08. The van der Waals surface area contributed by atoms with E-state index < -0.39 is 54.6 Å². The number of amides is 2. The fraction of sp³-hybridized carbons (Fsp3) is 0.500. The minimum atomic E-state index is -3.04. The Labute approximate surface area is 177 Å². The normalized spacial score (nSPS) is 13.9. The number of ether oxygens (including phenoxy) is 1. The van der Waals surface area contributed by atoms with Gasteiger partial charge in [-0.05, 0) is 30.0 Å². The lowest BCUT2D eigenvalue weighted by Crippen LogP contribution is -2.54. The predicted octanol–water partition coefficient (Wildman–Crippen LogP) is 1.05. The highest BCUT2D eigenvalue weighted by atomic mass is 19.3. The molecule has 0 spiro atoms. The van der Waals surface area contributed by atoms with Crippen LogP contribution in [-0.2, 0) is 19.2 Å². The molecule has 0 fully saturated rings. The molecular weight excluding hydrogens is 418 g/mol. The third kappa shape index (κ3) is 8.28. The van der Waals surface area contributed by atoms with E-state index in [1.54, 1.807) is 13.8 Å². The summed E-state index contributed by atoms with van der Waals surface area (Å²) in [7, 11) is 1.45. The maximum atomic E-state index is 12.7. The van der Waals surface area contributed by atoms with Crippen LogP contribution in [0.2, 0.25) is 0 Å². The quantitative estimate of drug-likeness (QED) is 0.353. The van der Waals surface area contributed by atoms with Crippen molar-refractivity contribution in [3.05, 3.63) is 29.8 Å². The first-order chi connectivity index (χ1) is 14.5. The Kier molecular flexibility index (Phi) is 10.00. The number of carbonyl (C=O) groups excluding carboxylic acids is 3. The minimum absolute atomic E-state index is 0.0512.